The number of rotatable bonds is 3. The number of esters is 1. The van der Waals surface area contributed by atoms with Gasteiger partial charge in [0, 0.05) is 5.56 Å². The summed E-state index contributed by atoms with van der Waals surface area (Å²) in [6.45, 7) is 0. The summed E-state index contributed by atoms with van der Waals surface area (Å²) in [6.07, 6.45) is 0. The van der Waals surface area contributed by atoms with Gasteiger partial charge < -0.3 is 14.5 Å². The lowest BCUT2D eigenvalue weighted by Gasteiger charge is -2.10. The zero-order valence-corrected chi connectivity index (χ0v) is 12.6. The molecular weight excluding hydrogens is 296 g/mol. The fraction of sp³-hybridized carbons (Fsp3) is 0.118. The molecule has 0 bridgehead atoms. The molecule has 2 aromatic carbocycles. The number of H-pyrrole nitrogens is 1. The topological polar surface area (TPSA) is 81.3 Å². The zero-order chi connectivity index (χ0) is 16.4. The van der Waals surface area contributed by atoms with Crippen molar-refractivity contribution in [1.82, 2.24) is 9.97 Å². The Morgan fingerprint density at radius 1 is 1.09 bits per heavy atom. The first-order chi connectivity index (χ1) is 11.2. The molecule has 0 spiro atoms. The molecule has 0 unspecified atom stereocenters. The van der Waals surface area contributed by atoms with E-state index in [0.29, 0.717) is 22.3 Å². The fourth-order valence-electron chi connectivity index (χ4n) is 2.39. The smallest absolute Gasteiger partial charge is 0.343 e. The van der Waals surface area contributed by atoms with E-state index in [-0.39, 0.29) is 16.8 Å². The Morgan fingerprint density at radius 3 is 2.48 bits per heavy atom. The van der Waals surface area contributed by atoms with Crippen molar-refractivity contribution in [3.05, 3.63) is 58.4 Å². The van der Waals surface area contributed by atoms with Gasteiger partial charge in [0.25, 0.3) is 5.56 Å². The van der Waals surface area contributed by atoms with Crippen LogP contribution in [0.25, 0.3) is 22.3 Å². The summed E-state index contributed by atoms with van der Waals surface area (Å²) in [5, 5.41) is 0. The number of hydrogen-bond acceptors (Lipinski definition) is 5. The van der Waals surface area contributed by atoms with Crippen LogP contribution < -0.4 is 10.3 Å². The number of benzene rings is 2. The number of aromatic nitrogens is 2. The highest BCUT2D eigenvalue weighted by Gasteiger charge is 2.20. The molecule has 0 saturated carbocycles. The summed E-state index contributed by atoms with van der Waals surface area (Å²) < 4.78 is 10.0. The molecule has 6 nitrogen and oxygen atoms in total. The Hall–Kier alpha value is -3.15. The van der Waals surface area contributed by atoms with Gasteiger partial charge in [0.2, 0.25) is 0 Å². The normalized spacial score (nSPS) is 10.5. The van der Waals surface area contributed by atoms with Crippen LogP contribution in [0.4, 0.5) is 0 Å². The predicted octanol–water partition coefficient (Wildman–Crippen LogP) is 2.39. The molecule has 0 saturated heterocycles. The van der Waals surface area contributed by atoms with Gasteiger partial charge in [0.15, 0.2) is 0 Å². The van der Waals surface area contributed by atoms with Crippen molar-refractivity contribution in [2.45, 2.75) is 0 Å². The molecule has 0 aliphatic carbocycles. The SMILES string of the molecule is COC(=O)c1c(OC)ccc2[nH]c(=O)c(-c3ccccc3)nc12. The average Bonchev–Trinajstić information content (AvgIpc) is 2.60. The van der Waals surface area contributed by atoms with E-state index in [1.54, 1.807) is 24.3 Å². The fourth-order valence-corrected chi connectivity index (χ4v) is 2.39. The van der Waals surface area contributed by atoms with Gasteiger partial charge >= 0.3 is 5.97 Å². The van der Waals surface area contributed by atoms with Gasteiger partial charge in [-0.25, -0.2) is 9.78 Å². The second-order valence-electron chi connectivity index (χ2n) is 4.81. The second kappa shape index (κ2) is 5.92. The van der Waals surface area contributed by atoms with E-state index in [1.807, 2.05) is 18.2 Å². The lowest BCUT2D eigenvalue weighted by atomic mass is 10.1. The third-order valence-corrected chi connectivity index (χ3v) is 3.48. The maximum absolute atomic E-state index is 12.3. The minimum absolute atomic E-state index is 0.181. The van der Waals surface area contributed by atoms with Gasteiger partial charge in [0.05, 0.1) is 19.7 Å². The number of nitrogens with one attached hydrogen (secondary N) is 1. The number of ether oxygens (including phenoxy) is 2. The highest BCUT2D eigenvalue weighted by molar-refractivity contribution is 6.04. The van der Waals surface area contributed by atoms with Gasteiger partial charge in [-0.3, -0.25) is 4.79 Å². The average molecular weight is 310 g/mol. The molecule has 6 heteroatoms. The molecule has 116 valence electrons. The van der Waals surface area contributed by atoms with Crippen LogP contribution in [0.3, 0.4) is 0 Å². The molecule has 0 atom stereocenters. The standard InChI is InChI=1S/C17H14N2O4/c1-22-12-9-8-11-15(13(12)17(21)23-2)19-14(16(20)18-11)10-6-4-3-5-7-10/h3-9H,1-2H3,(H,18,20). The number of nitrogens with zero attached hydrogens (tertiary/aromatic N) is 1. The van der Waals surface area contributed by atoms with E-state index in [1.165, 1.54) is 14.2 Å². The Kier molecular flexibility index (Phi) is 3.80. The summed E-state index contributed by atoms with van der Waals surface area (Å²) in [7, 11) is 2.74. The summed E-state index contributed by atoms with van der Waals surface area (Å²) in [6, 6.07) is 12.3. The van der Waals surface area contributed by atoms with Gasteiger partial charge in [-0.2, -0.15) is 0 Å². The Morgan fingerprint density at radius 2 is 1.83 bits per heavy atom. The van der Waals surface area contributed by atoms with Crippen LogP contribution in [0.2, 0.25) is 0 Å². The largest absolute Gasteiger partial charge is 0.496 e. The van der Waals surface area contributed by atoms with E-state index in [2.05, 4.69) is 9.97 Å². The van der Waals surface area contributed by atoms with Crippen LogP contribution in [0.15, 0.2) is 47.3 Å². The van der Waals surface area contributed by atoms with E-state index < -0.39 is 5.97 Å². The Balaban J connectivity index is 2.36. The molecular formula is C17H14N2O4. The maximum atomic E-state index is 12.3. The molecule has 3 aromatic rings. The number of methoxy groups -OCH3 is 2. The van der Waals surface area contributed by atoms with Crippen LogP contribution in [-0.2, 0) is 4.74 Å². The molecule has 23 heavy (non-hydrogen) atoms. The number of fused-ring (bicyclic) bond motifs is 1. The summed E-state index contributed by atoms with van der Waals surface area (Å²) in [4.78, 5) is 31.5. The van der Waals surface area contributed by atoms with Crippen LogP contribution in [0, 0.1) is 0 Å². The predicted molar refractivity (Wildman–Crippen MR) is 85.7 cm³/mol. The van der Waals surface area contributed by atoms with Crippen LogP contribution in [0.5, 0.6) is 5.75 Å². The molecule has 0 aliphatic rings. The molecule has 0 radical (unpaired) electrons. The van der Waals surface area contributed by atoms with E-state index in [4.69, 9.17) is 9.47 Å². The molecule has 0 amide bonds. The highest BCUT2D eigenvalue weighted by Crippen LogP contribution is 2.27. The van der Waals surface area contributed by atoms with Crippen molar-refractivity contribution < 1.29 is 14.3 Å². The van der Waals surface area contributed by atoms with Crippen molar-refractivity contribution in [1.29, 1.82) is 0 Å². The lowest BCUT2D eigenvalue weighted by Crippen LogP contribution is -2.14. The van der Waals surface area contributed by atoms with E-state index >= 15 is 0 Å². The third-order valence-electron chi connectivity index (χ3n) is 3.48. The second-order valence-corrected chi connectivity index (χ2v) is 4.81. The minimum Gasteiger partial charge on any atom is -0.496 e. The minimum atomic E-state index is -0.578. The zero-order valence-electron chi connectivity index (χ0n) is 12.6. The number of hydrogen-bond donors (Lipinski definition) is 1. The van der Waals surface area contributed by atoms with Gasteiger partial charge in [-0.15, -0.1) is 0 Å². The van der Waals surface area contributed by atoms with Crippen molar-refractivity contribution in [2.24, 2.45) is 0 Å². The molecule has 1 aromatic heterocycles. The quantitative estimate of drug-likeness (QED) is 0.751. The number of carbonyl (C=O) groups excluding carboxylic acids is 1. The van der Waals surface area contributed by atoms with E-state index in [9.17, 15) is 9.59 Å². The first-order valence-electron chi connectivity index (χ1n) is 6.90. The van der Waals surface area contributed by atoms with Crippen LogP contribution in [-0.4, -0.2) is 30.2 Å². The molecule has 0 aliphatic heterocycles. The maximum Gasteiger partial charge on any atom is 0.343 e. The third kappa shape index (κ3) is 2.55. The highest BCUT2D eigenvalue weighted by atomic mass is 16.5. The van der Waals surface area contributed by atoms with Gasteiger partial charge in [-0.1, -0.05) is 30.3 Å². The number of aromatic amines is 1. The number of carbonyl (C=O) groups is 1. The first kappa shape index (κ1) is 14.8. The van der Waals surface area contributed by atoms with E-state index in [0.717, 1.165) is 0 Å². The lowest BCUT2D eigenvalue weighted by molar-refractivity contribution is 0.0599. The molecule has 1 heterocycles. The monoisotopic (exact) mass is 310 g/mol. The summed E-state index contributed by atoms with van der Waals surface area (Å²) in [5.41, 5.74) is 1.52. The molecule has 0 fully saturated rings. The summed E-state index contributed by atoms with van der Waals surface area (Å²) in [5.74, 6) is -0.242. The van der Waals surface area contributed by atoms with Crippen LogP contribution in [0.1, 0.15) is 10.4 Å². The van der Waals surface area contributed by atoms with Crippen molar-refractivity contribution >= 4 is 17.0 Å². The molecule has 1 N–H and O–H groups in total. The first-order valence-corrected chi connectivity index (χ1v) is 6.90. The Bertz CT molecular complexity index is 932. The van der Waals surface area contributed by atoms with Gasteiger partial charge in [-0.05, 0) is 12.1 Å². The van der Waals surface area contributed by atoms with Crippen molar-refractivity contribution in [2.75, 3.05) is 14.2 Å². The van der Waals surface area contributed by atoms with Crippen molar-refractivity contribution in [3.63, 3.8) is 0 Å². The Labute approximate surface area is 131 Å². The van der Waals surface area contributed by atoms with Crippen molar-refractivity contribution in [3.8, 4) is 17.0 Å². The molecule has 3 rings (SSSR count). The van der Waals surface area contributed by atoms with Crippen LogP contribution >= 0.6 is 0 Å². The van der Waals surface area contributed by atoms with Gasteiger partial charge in [0.1, 0.15) is 22.5 Å². The summed E-state index contributed by atoms with van der Waals surface area (Å²) >= 11 is 0.